The fraction of sp³-hybridized carbons (Fsp3) is 0.316. The first kappa shape index (κ1) is 18.9. The monoisotopic (exact) mass is 387 g/mol. The number of hydrazine groups is 1. The summed E-state index contributed by atoms with van der Waals surface area (Å²) in [6.45, 7) is 0.986. The van der Waals surface area contributed by atoms with Gasteiger partial charge in [0.25, 0.3) is 11.8 Å². The summed E-state index contributed by atoms with van der Waals surface area (Å²) in [5, 5.41) is 1.86. The van der Waals surface area contributed by atoms with Gasteiger partial charge in [-0.2, -0.15) is 0 Å². The molecule has 0 unspecified atom stereocenters. The Balaban J connectivity index is 1.52. The SMILES string of the molecule is COc1ccc(C(=O)NNC(=O)[C@H]2CCCN(C(=O)c3cccs3)C2)cc1. The predicted octanol–water partition coefficient (Wildman–Crippen LogP) is 2.07. The van der Waals surface area contributed by atoms with Crippen LogP contribution in [-0.4, -0.2) is 42.8 Å². The number of amides is 3. The molecule has 1 aromatic heterocycles. The summed E-state index contributed by atoms with van der Waals surface area (Å²) >= 11 is 1.39. The molecule has 2 aromatic rings. The Bertz CT molecular complexity index is 805. The normalized spacial score (nSPS) is 16.5. The smallest absolute Gasteiger partial charge is 0.269 e. The minimum atomic E-state index is -0.409. The highest BCUT2D eigenvalue weighted by molar-refractivity contribution is 7.12. The second kappa shape index (κ2) is 8.68. The van der Waals surface area contributed by atoms with E-state index in [0.717, 1.165) is 6.42 Å². The number of piperidine rings is 1. The lowest BCUT2D eigenvalue weighted by atomic mass is 9.97. The van der Waals surface area contributed by atoms with Crippen molar-refractivity contribution in [1.29, 1.82) is 0 Å². The zero-order valence-electron chi connectivity index (χ0n) is 14.9. The van der Waals surface area contributed by atoms with Gasteiger partial charge in [-0.05, 0) is 48.6 Å². The molecule has 8 heteroatoms. The average molecular weight is 387 g/mol. The van der Waals surface area contributed by atoms with Crippen molar-refractivity contribution in [3.8, 4) is 5.75 Å². The molecule has 1 fully saturated rings. The second-order valence-electron chi connectivity index (χ2n) is 6.24. The molecule has 3 rings (SSSR count). The Morgan fingerprint density at radius 2 is 1.93 bits per heavy atom. The Kier molecular flexibility index (Phi) is 6.08. The quantitative estimate of drug-likeness (QED) is 0.786. The number of ether oxygens (including phenoxy) is 1. The predicted molar refractivity (Wildman–Crippen MR) is 102 cm³/mol. The number of nitrogens with one attached hydrogen (secondary N) is 2. The molecule has 142 valence electrons. The fourth-order valence-corrected chi connectivity index (χ4v) is 3.66. The lowest BCUT2D eigenvalue weighted by molar-refractivity contribution is -0.127. The molecule has 7 nitrogen and oxygen atoms in total. The van der Waals surface area contributed by atoms with E-state index < -0.39 is 5.91 Å². The van der Waals surface area contributed by atoms with Crippen LogP contribution in [0.1, 0.15) is 32.9 Å². The van der Waals surface area contributed by atoms with Gasteiger partial charge in [-0.1, -0.05) is 6.07 Å². The van der Waals surface area contributed by atoms with Gasteiger partial charge in [0.05, 0.1) is 17.9 Å². The first-order chi connectivity index (χ1) is 13.1. The van der Waals surface area contributed by atoms with E-state index in [4.69, 9.17) is 4.74 Å². The highest BCUT2D eigenvalue weighted by Crippen LogP contribution is 2.20. The number of hydrogen-bond donors (Lipinski definition) is 2. The summed E-state index contributed by atoms with van der Waals surface area (Å²) in [6.07, 6.45) is 1.43. The third-order valence-corrected chi connectivity index (χ3v) is 5.32. The van der Waals surface area contributed by atoms with Gasteiger partial charge >= 0.3 is 0 Å². The summed E-state index contributed by atoms with van der Waals surface area (Å²) in [5.41, 5.74) is 5.30. The minimum absolute atomic E-state index is 0.0511. The standard InChI is InChI=1S/C19H21N3O4S/c1-26-15-8-6-13(7-9-15)17(23)20-21-18(24)14-4-2-10-22(12-14)19(25)16-5-3-11-27-16/h3,5-9,11,14H,2,4,10,12H2,1H3,(H,20,23)(H,21,24)/t14-/m0/s1. The molecule has 27 heavy (non-hydrogen) atoms. The number of hydrogen-bond acceptors (Lipinski definition) is 5. The maximum atomic E-state index is 12.5. The molecule has 1 atom stereocenters. The summed E-state index contributed by atoms with van der Waals surface area (Å²) in [5.74, 6) is -0.453. The third-order valence-electron chi connectivity index (χ3n) is 4.46. The number of nitrogens with zero attached hydrogens (tertiary/aromatic N) is 1. The van der Waals surface area contributed by atoms with Gasteiger partial charge in [0.15, 0.2) is 0 Å². The van der Waals surface area contributed by atoms with Crippen molar-refractivity contribution < 1.29 is 19.1 Å². The van der Waals surface area contributed by atoms with Gasteiger partial charge in [-0.15, -0.1) is 11.3 Å². The molecule has 1 aromatic carbocycles. The molecule has 0 saturated carbocycles. The van der Waals surface area contributed by atoms with E-state index in [0.29, 0.717) is 35.7 Å². The van der Waals surface area contributed by atoms with E-state index in [9.17, 15) is 14.4 Å². The molecule has 0 bridgehead atoms. The van der Waals surface area contributed by atoms with Gasteiger partial charge in [-0.3, -0.25) is 25.2 Å². The minimum Gasteiger partial charge on any atom is -0.497 e. The van der Waals surface area contributed by atoms with Crippen molar-refractivity contribution in [2.45, 2.75) is 12.8 Å². The van der Waals surface area contributed by atoms with Crippen LogP contribution < -0.4 is 15.6 Å². The van der Waals surface area contributed by atoms with Crippen LogP contribution in [0.5, 0.6) is 5.75 Å². The molecular formula is C19H21N3O4S. The highest BCUT2D eigenvalue weighted by atomic mass is 32.1. The summed E-state index contributed by atoms with van der Waals surface area (Å²) in [6, 6.07) is 10.2. The number of carbonyl (C=O) groups excluding carboxylic acids is 3. The maximum Gasteiger partial charge on any atom is 0.269 e. The molecule has 0 spiro atoms. The Morgan fingerprint density at radius 1 is 1.15 bits per heavy atom. The van der Waals surface area contributed by atoms with Crippen molar-refractivity contribution in [3.05, 3.63) is 52.2 Å². The number of thiophene rings is 1. The summed E-state index contributed by atoms with van der Waals surface area (Å²) < 4.78 is 5.05. The Labute approximate surface area is 161 Å². The zero-order chi connectivity index (χ0) is 19.2. The largest absolute Gasteiger partial charge is 0.497 e. The van der Waals surface area contributed by atoms with Crippen molar-refractivity contribution in [2.24, 2.45) is 5.92 Å². The first-order valence-electron chi connectivity index (χ1n) is 8.65. The Morgan fingerprint density at radius 3 is 2.59 bits per heavy atom. The van der Waals surface area contributed by atoms with Crippen molar-refractivity contribution in [2.75, 3.05) is 20.2 Å². The average Bonchev–Trinajstić information content (AvgIpc) is 3.26. The molecular weight excluding hydrogens is 366 g/mol. The number of likely N-dealkylation sites (tertiary alicyclic amines) is 1. The number of carbonyl (C=O) groups is 3. The maximum absolute atomic E-state index is 12.5. The lowest BCUT2D eigenvalue weighted by Gasteiger charge is -2.31. The van der Waals surface area contributed by atoms with Gasteiger partial charge < -0.3 is 9.64 Å². The lowest BCUT2D eigenvalue weighted by Crippen LogP contribution is -2.50. The van der Waals surface area contributed by atoms with Crippen LogP contribution in [0.3, 0.4) is 0 Å². The Hall–Kier alpha value is -2.87. The van der Waals surface area contributed by atoms with Crippen LogP contribution in [0.2, 0.25) is 0 Å². The first-order valence-corrected chi connectivity index (χ1v) is 9.53. The highest BCUT2D eigenvalue weighted by Gasteiger charge is 2.29. The summed E-state index contributed by atoms with van der Waals surface area (Å²) in [4.78, 5) is 39.4. The number of methoxy groups -OCH3 is 1. The van der Waals surface area contributed by atoms with E-state index in [-0.39, 0.29) is 17.7 Å². The molecule has 1 aliphatic rings. The number of rotatable bonds is 4. The van der Waals surface area contributed by atoms with Gasteiger partial charge in [-0.25, -0.2) is 0 Å². The van der Waals surface area contributed by atoms with Gasteiger partial charge in [0.1, 0.15) is 5.75 Å². The van der Waals surface area contributed by atoms with Crippen LogP contribution >= 0.6 is 11.3 Å². The van der Waals surface area contributed by atoms with Crippen molar-refractivity contribution in [1.82, 2.24) is 15.8 Å². The van der Waals surface area contributed by atoms with Crippen molar-refractivity contribution >= 4 is 29.1 Å². The topological polar surface area (TPSA) is 87.7 Å². The third kappa shape index (κ3) is 4.65. The van der Waals surface area contributed by atoms with Gasteiger partial charge in [0.2, 0.25) is 5.91 Å². The van der Waals surface area contributed by atoms with Crippen LogP contribution in [0.15, 0.2) is 41.8 Å². The molecule has 0 radical (unpaired) electrons. The zero-order valence-corrected chi connectivity index (χ0v) is 15.8. The van der Waals surface area contributed by atoms with E-state index in [1.165, 1.54) is 11.3 Å². The van der Waals surface area contributed by atoms with E-state index in [1.54, 1.807) is 42.3 Å². The fourth-order valence-electron chi connectivity index (χ4n) is 2.97. The van der Waals surface area contributed by atoms with Crippen LogP contribution in [-0.2, 0) is 4.79 Å². The van der Waals surface area contributed by atoms with Crippen LogP contribution in [0, 0.1) is 5.92 Å². The van der Waals surface area contributed by atoms with Gasteiger partial charge in [0, 0.05) is 18.7 Å². The molecule has 1 saturated heterocycles. The molecule has 3 amide bonds. The summed E-state index contributed by atoms with van der Waals surface area (Å²) in [7, 11) is 1.55. The van der Waals surface area contributed by atoms with E-state index in [2.05, 4.69) is 10.9 Å². The van der Waals surface area contributed by atoms with Crippen molar-refractivity contribution in [3.63, 3.8) is 0 Å². The van der Waals surface area contributed by atoms with Crippen LogP contribution in [0.4, 0.5) is 0 Å². The number of benzene rings is 1. The van der Waals surface area contributed by atoms with Crippen LogP contribution in [0.25, 0.3) is 0 Å². The molecule has 2 heterocycles. The van der Waals surface area contributed by atoms with E-state index in [1.807, 2.05) is 11.4 Å². The second-order valence-corrected chi connectivity index (χ2v) is 7.19. The molecule has 1 aliphatic heterocycles. The van der Waals surface area contributed by atoms with E-state index >= 15 is 0 Å². The molecule has 0 aliphatic carbocycles. The molecule has 2 N–H and O–H groups in total.